The van der Waals surface area contributed by atoms with Crippen LogP contribution in [0.5, 0.6) is 0 Å². The Morgan fingerprint density at radius 2 is 1.57 bits per heavy atom. The quantitative estimate of drug-likeness (QED) is 0.407. The lowest BCUT2D eigenvalue weighted by Crippen LogP contribution is -2.04. The van der Waals surface area contributed by atoms with Gasteiger partial charge < -0.3 is 0 Å². The molecule has 0 aromatic heterocycles. The van der Waals surface area contributed by atoms with Gasteiger partial charge in [0.15, 0.2) is 0 Å². The summed E-state index contributed by atoms with van der Waals surface area (Å²) in [7, 11) is 0. The Morgan fingerprint density at radius 3 is 1.57 bits per heavy atom. The van der Waals surface area contributed by atoms with Crippen LogP contribution < -0.4 is 0 Å². The molecule has 40 valence electrons. The van der Waals surface area contributed by atoms with Crippen molar-refractivity contribution in [2.45, 2.75) is 20.8 Å². The summed E-state index contributed by atoms with van der Waals surface area (Å²) in [6.07, 6.45) is 0. The van der Waals surface area contributed by atoms with Crippen LogP contribution in [-0.4, -0.2) is 0 Å². The van der Waals surface area contributed by atoms with E-state index in [-0.39, 0.29) is 5.41 Å². The van der Waals surface area contributed by atoms with Crippen molar-refractivity contribution < 1.29 is 0 Å². The number of rotatable bonds is 0. The molecule has 0 heteroatoms. The maximum absolute atomic E-state index is 3.72. The molecule has 0 nitrogen and oxygen atoms in total. The van der Waals surface area contributed by atoms with Crippen LogP contribution in [0.1, 0.15) is 20.8 Å². The summed E-state index contributed by atoms with van der Waals surface area (Å²) in [5.41, 5.74) is 1.19. The van der Waals surface area contributed by atoms with Crippen molar-refractivity contribution in [3.05, 3.63) is 19.1 Å². The molecule has 0 aliphatic carbocycles. The maximum Gasteiger partial charge on any atom is 0.102 e. The summed E-state index contributed by atoms with van der Waals surface area (Å²) >= 11 is 0. The molecule has 0 fully saturated rings. The minimum absolute atomic E-state index is 0.194. The van der Waals surface area contributed by atoms with E-state index in [1.54, 1.807) is 0 Å². The van der Waals surface area contributed by atoms with Crippen molar-refractivity contribution in [2.24, 2.45) is 5.41 Å². The predicted octanol–water partition coefficient (Wildman–Crippen LogP) is 2.42. The van der Waals surface area contributed by atoms with Crippen LogP contribution in [0.2, 0.25) is 0 Å². The summed E-state index contributed by atoms with van der Waals surface area (Å²) in [5, 5.41) is 0. The van der Waals surface area contributed by atoms with E-state index in [1.165, 1.54) is 0 Å². The van der Waals surface area contributed by atoms with Crippen LogP contribution in [0.4, 0.5) is 0 Å². The highest BCUT2D eigenvalue weighted by molar-refractivity contribution is 5.07. The van der Waals surface area contributed by atoms with Crippen LogP contribution in [0.3, 0.4) is 0 Å². The molecule has 0 aromatic carbocycles. The molecule has 0 amide bonds. The zero-order chi connectivity index (χ0) is 6.08. The van der Waals surface area contributed by atoms with Gasteiger partial charge in [-0.1, -0.05) is 20.8 Å². The maximum atomic E-state index is 3.72. The van der Waals surface area contributed by atoms with E-state index < -0.39 is 0 Å². The van der Waals surface area contributed by atoms with Crippen molar-refractivity contribution in [1.82, 2.24) is 0 Å². The van der Waals surface area contributed by atoms with Crippen molar-refractivity contribution in [3.8, 4) is 0 Å². The van der Waals surface area contributed by atoms with Crippen molar-refractivity contribution in [3.63, 3.8) is 0 Å². The Kier molecular flexibility index (Phi) is 1.52. The predicted molar refractivity (Wildman–Crippen MR) is 34.0 cm³/mol. The SMILES string of the molecule is C=C([CH2+])C(C)(C)C. The monoisotopic (exact) mass is 97.1 g/mol. The van der Waals surface area contributed by atoms with Crippen LogP contribution in [0.15, 0.2) is 12.2 Å². The summed E-state index contributed by atoms with van der Waals surface area (Å²) in [6.45, 7) is 13.7. The van der Waals surface area contributed by atoms with Crippen LogP contribution in [0.25, 0.3) is 0 Å². The van der Waals surface area contributed by atoms with Gasteiger partial charge in [-0.05, 0) is 0 Å². The smallest absolute Gasteiger partial charge is 0.0525 e. The molecule has 0 spiro atoms. The second-order valence-corrected chi connectivity index (χ2v) is 2.85. The van der Waals surface area contributed by atoms with Gasteiger partial charge in [0.2, 0.25) is 0 Å². The Bertz CT molecular complexity index is 72.5. The zero-order valence-electron chi connectivity index (χ0n) is 5.41. The topological polar surface area (TPSA) is 0 Å². The number of hydrogen-bond donors (Lipinski definition) is 0. The largest absolute Gasteiger partial charge is 0.102 e. The van der Waals surface area contributed by atoms with Gasteiger partial charge >= 0.3 is 0 Å². The van der Waals surface area contributed by atoms with E-state index in [9.17, 15) is 0 Å². The van der Waals surface area contributed by atoms with Crippen LogP contribution >= 0.6 is 0 Å². The third kappa shape index (κ3) is 2.32. The normalized spacial score (nSPS) is 11.3. The Labute approximate surface area is 46.2 Å². The van der Waals surface area contributed by atoms with Gasteiger partial charge in [-0.25, -0.2) is 0 Å². The third-order valence-electron chi connectivity index (χ3n) is 1.06. The number of allylic oxidation sites excluding steroid dienone is 1. The average Bonchev–Trinajstić information content (AvgIpc) is 1.31. The van der Waals surface area contributed by atoms with Gasteiger partial charge in [0.1, 0.15) is 5.57 Å². The third-order valence-corrected chi connectivity index (χ3v) is 1.06. The molecule has 0 aliphatic rings. The van der Waals surface area contributed by atoms with Crippen LogP contribution in [-0.2, 0) is 0 Å². The van der Waals surface area contributed by atoms with E-state index in [0.29, 0.717) is 0 Å². The van der Waals surface area contributed by atoms with Crippen molar-refractivity contribution in [1.29, 1.82) is 0 Å². The fourth-order valence-corrected chi connectivity index (χ4v) is 0. The summed E-state index contributed by atoms with van der Waals surface area (Å²) in [6, 6.07) is 0. The lowest BCUT2D eigenvalue weighted by atomic mass is 9.89. The Balaban J connectivity index is 3.79. The first kappa shape index (κ1) is 6.61. The van der Waals surface area contributed by atoms with Gasteiger partial charge in [-0.15, -0.1) is 0 Å². The van der Waals surface area contributed by atoms with Crippen molar-refractivity contribution >= 4 is 0 Å². The van der Waals surface area contributed by atoms with E-state index in [1.807, 2.05) is 0 Å². The zero-order valence-corrected chi connectivity index (χ0v) is 5.41. The minimum Gasteiger partial charge on any atom is -0.0525 e. The molecule has 0 rings (SSSR count). The van der Waals surface area contributed by atoms with E-state index in [2.05, 4.69) is 34.3 Å². The molecule has 0 saturated heterocycles. The average molecular weight is 97.2 g/mol. The highest BCUT2D eigenvalue weighted by Gasteiger charge is 2.15. The second-order valence-electron chi connectivity index (χ2n) is 2.85. The second kappa shape index (κ2) is 1.61. The van der Waals surface area contributed by atoms with Gasteiger partial charge in [-0.3, -0.25) is 0 Å². The summed E-state index contributed by atoms with van der Waals surface area (Å²) < 4.78 is 0. The molecule has 0 aliphatic heterocycles. The molecule has 0 saturated carbocycles. The molecule has 0 unspecified atom stereocenters. The minimum atomic E-state index is 0.194. The van der Waals surface area contributed by atoms with Gasteiger partial charge in [0, 0.05) is 18.9 Å². The summed E-state index contributed by atoms with van der Waals surface area (Å²) in [5.74, 6) is 0. The first-order chi connectivity index (χ1) is 2.94. The van der Waals surface area contributed by atoms with Gasteiger partial charge in [-0.2, -0.15) is 0 Å². The van der Waals surface area contributed by atoms with Crippen molar-refractivity contribution in [2.75, 3.05) is 0 Å². The molecular weight excluding hydrogens is 84.1 g/mol. The lowest BCUT2D eigenvalue weighted by Gasteiger charge is -2.10. The molecule has 0 bridgehead atoms. The van der Waals surface area contributed by atoms with Gasteiger partial charge in [0.05, 0.1) is 0 Å². The summed E-state index contributed by atoms with van der Waals surface area (Å²) in [4.78, 5) is 0. The van der Waals surface area contributed by atoms with Gasteiger partial charge in [0.25, 0.3) is 0 Å². The number of hydrogen-bond acceptors (Lipinski definition) is 0. The first-order valence-corrected chi connectivity index (χ1v) is 2.46. The molecular formula is C7H13+. The molecule has 7 heavy (non-hydrogen) atoms. The molecule has 0 N–H and O–H groups in total. The molecule has 0 radical (unpaired) electrons. The highest BCUT2D eigenvalue weighted by Crippen LogP contribution is 2.21. The standard InChI is InChI=1S/C7H13/c1-6(2)7(3,4)5/h1-2H2,3-5H3/q+1. The van der Waals surface area contributed by atoms with E-state index in [4.69, 9.17) is 0 Å². The molecule has 0 heterocycles. The fraction of sp³-hybridized carbons (Fsp3) is 0.571. The molecule has 0 aromatic rings. The van der Waals surface area contributed by atoms with E-state index >= 15 is 0 Å². The first-order valence-electron chi connectivity index (χ1n) is 2.46. The molecule has 0 atom stereocenters. The lowest BCUT2D eigenvalue weighted by molar-refractivity contribution is 0.518. The van der Waals surface area contributed by atoms with Crippen LogP contribution in [0, 0.1) is 12.3 Å². The Hall–Kier alpha value is -0.390. The Morgan fingerprint density at radius 1 is 1.43 bits per heavy atom. The fourth-order valence-electron chi connectivity index (χ4n) is 0. The van der Waals surface area contributed by atoms with E-state index in [0.717, 1.165) is 5.57 Å². The highest BCUT2D eigenvalue weighted by atomic mass is 14.1.